The molecule has 116 valence electrons. The lowest BCUT2D eigenvalue weighted by Crippen LogP contribution is -2.49. The number of nitrogens with one attached hydrogen (secondary N) is 1. The maximum absolute atomic E-state index is 12.5. The van der Waals surface area contributed by atoms with E-state index in [4.69, 9.17) is 0 Å². The van der Waals surface area contributed by atoms with Gasteiger partial charge in [0.1, 0.15) is 0 Å². The molecular weight excluding hydrogens is 260 g/mol. The molecule has 1 aromatic rings. The molecule has 1 atom stereocenters. The van der Waals surface area contributed by atoms with E-state index in [9.17, 15) is 4.79 Å². The van der Waals surface area contributed by atoms with E-state index in [2.05, 4.69) is 49.2 Å². The maximum atomic E-state index is 12.5. The van der Waals surface area contributed by atoms with E-state index in [-0.39, 0.29) is 11.9 Å². The van der Waals surface area contributed by atoms with Gasteiger partial charge in [0.05, 0.1) is 6.04 Å². The van der Waals surface area contributed by atoms with Crippen molar-refractivity contribution in [2.45, 2.75) is 59.0 Å². The van der Waals surface area contributed by atoms with E-state index in [1.165, 1.54) is 29.5 Å². The van der Waals surface area contributed by atoms with Gasteiger partial charge in [0.15, 0.2) is 0 Å². The number of amides is 1. The Morgan fingerprint density at radius 2 is 2.00 bits per heavy atom. The molecular formula is C18H28N2O. The van der Waals surface area contributed by atoms with Crippen molar-refractivity contribution in [1.29, 1.82) is 0 Å². The summed E-state index contributed by atoms with van der Waals surface area (Å²) in [4.78, 5) is 14.9. The van der Waals surface area contributed by atoms with Crippen molar-refractivity contribution < 1.29 is 4.79 Å². The molecule has 0 spiro atoms. The zero-order valence-corrected chi connectivity index (χ0v) is 13.6. The zero-order valence-electron chi connectivity index (χ0n) is 13.6. The smallest absolute Gasteiger partial charge is 0.237 e. The summed E-state index contributed by atoms with van der Waals surface area (Å²) >= 11 is 0. The third-order valence-corrected chi connectivity index (χ3v) is 4.51. The fraction of sp³-hybridized carbons (Fsp3) is 0.611. The minimum Gasteiger partial charge on any atom is -0.351 e. The molecule has 1 aliphatic heterocycles. The summed E-state index contributed by atoms with van der Waals surface area (Å²) in [5.74, 6) is 0.200. The van der Waals surface area contributed by atoms with E-state index in [0.29, 0.717) is 6.54 Å². The molecule has 1 aliphatic rings. The van der Waals surface area contributed by atoms with Crippen LogP contribution in [0.3, 0.4) is 0 Å². The highest BCUT2D eigenvalue weighted by atomic mass is 16.2. The first-order chi connectivity index (χ1) is 10.1. The third kappa shape index (κ3) is 4.07. The summed E-state index contributed by atoms with van der Waals surface area (Å²) in [5, 5.41) is 3.16. The number of likely N-dealkylation sites (tertiary alicyclic amines) is 1. The first-order valence-electron chi connectivity index (χ1n) is 8.20. The van der Waals surface area contributed by atoms with Crippen LogP contribution >= 0.6 is 0 Å². The second kappa shape index (κ2) is 7.60. The lowest BCUT2D eigenvalue weighted by Gasteiger charge is -2.34. The van der Waals surface area contributed by atoms with Crippen molar-refractivity contribution in [1.82, 2.24) is 10.2 Å². The summed E-state index contributed by atoms with van der Waals surface area (Å²) in [6.07, 6.45) is 4.50. The Bertz CT molecular complexity index is 462. The van der Waals surface area contributed by atoms with E-state index < -0.39 is 0 Å². The van der Waals surface area contributed by atoms with Gasteiger partial charge in [0, 0.05) is 6.54 Å². The number of carbonyl (C=O) groups is 1. The number of benzene rings is 1. The number of aryl methyl sites for hydroxylation is 2. The minimum atomic E-state index is 0.0722. The number of carbonyl (C=O) groups excluding carboxylic acids is 1. The van der Waals surface area contributed by atoms with Gasteiger partial charge in [-0.3, -0.25) is 9.69 Å². The molecule has 2 rings (SSSR count). The summed E-state index contributed by atoms with van der Waals surface area (Å²) in [7, 11) is 0. The highest BCUT2D eigenvalue weighted by molar-refractivity contribution is 5.81. The normalized spacial score (nSPS) is 19.5. The summed E-state index contributed by atoms with van der Waals surface area (Å²) < 4.78 is 0. The maximum Gasteiger partial charge on any atom is 0.237 e. The molecule has 0 saturated carbocycles. The second-order valence-corrected chi connectivity index (χ2v) is 6.14. The Morgan fingerprint density at radius 1 is 1.29 bits per heavy atom. The molecule has 1 aromatic carbocycles. The molecule has 3 heteroatoms. The van der Waals surface area contributed by atoms with E-state index in [0.717, 1.165) is 25.9 Å². The van der Waals surface area contributed by atoms with Crippen molar-refractivity contribution >= 4 is 5.91 Å². The Morgan fingerprint density at radius 3 is 2.67 bits per heavy atom. The van der Waals surface area contributed by atoms with Crippen LogP contribution in [0.15, 0.2) is 18.2 Å². The number of nitrogens with zero attached hydrogens (tertiary/aromatic N) is 1. The SMILES string of the molecule is CCCN1CCCC[C@H]1C(=O)NCc1c(C)cccc1C. The van der Waals surface area contributed by atoms with E-state index in [1.807, 2.05) is 0 Å². The summed E-state index contributed by atoms with van der Waals surface area (Å²) in [6, 6.07) is 6.36. The molecule has 1 amide bonds. The highest BCUT2D eigenvalue weighted by Crippen LogP contribution is 2.18. The predicted molar refractivity (Wildman–Crippen MR) is 87.3 cm³/mol. The molecule has 3 nitrogen and oxygen atoms in total. The van der Waals surface area contributed by atoms with Gasteiger partial charge in [-0.1, -0.05) is 31.5 Å². The van der Waals surface area contributed by atoms with E-state index in [1.54, 1.807) is 0 Å². The number of hydrogen-bond acceptors (Lipinski definition) is 2. The third-order valence-electron chi connectivity index (χ3n) is 4.51. The van der Waals surface area contributed by atoms with Crippen LogP contribution in [-0.2, 0) is 11.3 Å². The average molecular weight is 288 g/mol. The van der Waals surface area contributed by atoms with Crippen LogP contribution in [0.25, 0.3) is 0 Å². The van der Waals surface area contributed by atoms with Gasteiger partial charge in [-0.25, -0.2) is 0 Å². The first-order valence-corrected chi connectivity index (χ1v) is 8.20. The van der Waals surface area contributed by atoms with Gasteiger partial charge in [-0.05, 0) is 62.9 Å². The highest BCUT2D eigenvalue weighted by Gasteiger charge is 2.27. The topological polar surface area (TPSA) is 32.3 Å². The number of piperidine rings is 1. The van der Waals surface area contributed by atoms with Crippen LogP contribution in [0.1, 0.15) is 49.3 Å². The van der Waals surface area contributed by atoms with Crippen molar-refractivity contribution in [3.05, 3.63) is 34.9 Å². The minimum absolute atomic E-state index is 0.0722. The first kappa shape index (κ1) is 16.0. The Labute approximate surface area is 128 Å². The monoisotopic (exact) mass is 288 g/mol. The van der Waals surface area contributed by atoms with Crippen LogP contribution in [0, 0.1) is 13.8 Å². The second-order valence-electron chi connectivity index (χ2n) is 6.14. The van der Waals surface area contributed by atoms with Crippen molar-refractivity contribution in [3.8, 4) is 0 Å². The van der Waals surface area contributed by atoms with Crippen molar-refractivity contribution in [2.24, 2.45) is 0 Å². The molecule has 1 heterocycles. The molecule has 1 fully saturated rings. The fourth-order valence-electron chi connectivity index (χ4n) is 3.26. The van der Waals surface area contributed by atoms with Gasteiger partial charge in [0.25, 0.3) is 0 Å². The van der Waals surface area contributed by atoms with Crippen LogP contribution in [0.2, 0.25) is 0 Å². The summed E-state index contributed by atoms with van der Waals surface area (Å²) in [5.41, 5.74) is 3.76. The molecule has 0 unspecified atom stereocenters. The van der Waals surface area contributed by atoms with Crippen LogP contribution < -0.4 is 5.32 Å². The van der Waals surface area contributed by atoms with Crippen LogP contribution in [0.5, 0.6) is 0 Å². The molecule has 0 bridgehead atoms. The number of hydrogen-bond donors (Lipinski definition) is 1. The summed E-state index contributed by atoms with van der Waals surface area (Å²) in [6.45, 7) is 9.14. The van der Waals surface area contributed by atoms with Gasteiger partial charge < -0.3 is 5.32 Å². The van der Waals surface area contributed by atoms with Crippen LogP contribution in [-0.4, -0.2) is 29.9 Å². The van der Waals surface area contributed by atoms with Crippen LogP contribution in [0.4, 0.5) is 0 Å². The lowest BCUT2D eigenvalue weighted by atomic mass is 10.00. The molecule has 21 heavy (non-hydrogen) atoms. The van der Waals surface area contributed by atoms with Crippen molar-refractivity contribution in [2.75, 3.05) is 13.1 Å². The quantitative estimate of drug-likeness (QED) is 0.902. The Balaban J connectivity index is 1.97. The lowest BCUT2D eigenvalue weighted by molar-refractivity contribution is -0.127. The number of rotatable bonds is 5. The van der Waals surface area contributed by atoms with Gasteiger partial charge in [0.2, 0.25) is 5.91 Å². The molecule has 1 N–H and O–H groups in total. The Kier molecular flexibility index (Phi) is 5.80. The van der Waals surface area contributed by atoms with Gasteiger partial charge in [-0.15, -0.1) is 0 Å². The Hall–Kier alpha value is -1.35. The standard InChI is InChI=1S/C18H28N2O/c1-4-11-20-12-6-5-10-17(20)18(21)19-13-16-14(2)8-7-9-15(16)3/h7-9,17H,4-6,10-13H2,1-3H3,(H,19,21)/t17-/m0/s1. The predicted octanol–water partition coefficient (Wildman–Crippen LogP) is 3.18. The van der Waals surface area contributed by atoms with Gasteiger partial charge >= 0.3 is 0 Å². The largest absolute Gasteiger partial charge is 0.351 e. The zero-order chi connectivity index (χ0) is 15.2. The fourth-order valence-corrected chi connectivity index (χ4v) is 3.26. The molecule has 0 aromatic heterocycles. The average Bonchev–Trinajstić information content (AvgIpc) is 2.47. The molecule has 1 saturated heterocycles. The van der Waals surface area contributed by atoms with Gasteiger partial charge in [-0.2, -0.15) is 0 Å². The molecule has 0 aliphatic carbocycles. The van der Waals surface area contributed by atoms with E-state index >= 15 is 0 Å². The van der Waals surface area contributed by atoms with Crippen molar-refractivity contribution in [3.63, 3.8) is 0 Å². The molecule has 0 radical (unpaired) electrons.